The van der Waals surface area contributed by atoms with E-state index in [1.54, 1.807) is 0 Å². The molecule has 0 atom stereocenters. The summed E-state index contributed by atoms with van der Waals surface area (Å²) in [5, 5.41) is 0. The first kappa shape index (κ1) is 15.5. The minimum atomic E-state index is -0.487. The maximum absolute atomic E-state index is 11.9. The Morgan fingerprint density at radius 2 is 1.90 bits per heavy atom. The van der Waals surface area contributed by atoms with Gasteiger partial charge in [-0.3, -0.25) is 4.79 Å². The Kier molecular flexibility index (Phi) is 4.00. The summed E-state index contributed by atoms with van der Waals surface area (Å²) < 4.78 is 16.9. The highest BCUT2D eigenvalue weighted by atomic mass is 16.7. The summed E-state index contributed by atoms with van der Waals surface area (Å²) in [6, 6.07) is 0. The van der Waals surface area contributed by atoms with Crippen molar-refractivity contribution in [3.63, 3.8) is 0 Å². The van der Waals surface area contributed by atoms with Crippen molar-refractivity contribution in [1.29, 1.82) is 0 Å². The van der Waals surface area contributed by atoms with Crippen LogP contribution in [0.2, 0.25) is 0 Å². The Morgan fingerprint density at radius 1 is 1.30 bits per heavy atom. The normalized spacial score (nSPS) is 24.6. The molecule has 1 aliphatic heterocycles. The van der Waals surface area contributed by atoms with Crippen molar-refractivity contribution in [3.8, 4) is 0 Å². The minimum Gasteiger partial charge on any atom is -0.460 e. The second-order valence-electron chi connectivity index (χ2n) is 7.48. The molecule has 1 saturated heterocycles. The SMILES string of the molecule is CC(C)(C)OC(=O)CC1=CCC2(COC(C)(C)OC2)C1. The van der Waals surface area contributed by atoms with Gasteiger partial charge in [-0.05, 0) is 47.5 Å². The summed E-state index contributed by atoms with van der Waals surface area (Å²) >= 11 is 0. The Labute approximate surface area is 121 Å². The van der Waals surface area contributed by atoms with Crippen molar-refractivity contribution in [2.45, 2.75) is 65.3 Å². The molecular formula is C16H26O4. The Morgan fingerprint density at radius 3 is 2.45 bits per heavy atom. The van der Waals surface area contributed by atoms with Gasteiger partial charge in [-0.25, -0.2) is 0 Å². The fourth-order valence-electron chi connectivity index (χ4n) is 2.64. The number of esters is 1. The molecule has 0 bridgehead atoms. The van der Waals surface area contributed by atoms with E-state index < -0.39 is 11.4 Å². The maximum Gasteiger partial charge on any atom is 0.310 e. The molecule has 1 aliphatic carbocycles. The summed E-state index contributed by atoms with van der Waals surface area (Å²) in [5.74, 6) is -0.641. The molecule has 2 aliphatic rings. The molecule has 1 heterocycles. The Hall–Kier alpha value is -0.870. The third kappa shape index (κ3) is 4.06. The zero-order chi connectivity index (χ0) is 15.0. The van der Waals surface area contributed by atoms with Crippen LogP contribution in [0.15, 0.2) is 11.6 Å². The van der Waals surface area contributed by atoms with Crippen LogP contribution in [0.1, 0.15) is 53.9 Å². The van der Waals surface area contributed by atoms with Crippen molar-refractivity contribution in [2.24, 2.45) is 5.41 Å². The molecule has 4 nitrogen and oxygen atoms in total. The number of carbonyl (C=O) groups is 1. The molecular weight excluding hydrogens is 256 g/mol. The fourth-order valence-corrected chi connectivity index (χ4v) is 2.64. The molecule has 2 rings (SSSR count). The van der Waals surface area contributed by atoms with E-state index in [0.717, 1.165) is 18.4 Å². The molecule has 0 amide bonds. The zero-order valence-corrected chi connectivity index (χ0v) is 13.2. The van der Waals surface area contributed by atoms with Crippen LogP contribution in [0.4, 0.5) is 0 Å². The highest BCUT2D eigenvalue weighted by molar-refractivity contribution is 5.73. The first-order valence-electron chi connectivity index (χ1n) is 7.27. The molecule has 4 heteroatoms. The van der Waals surface area contributed by atoms with Crippen LogP contribution in [-0.4, -0.2) is 30.6 Å². The van der Waals surface area contributed by atoms with Gasteiger partial charge < -0.3 is 14.2 Å². The van der Waals surface area contributed by atoms with Gasteiger partial charge in [0.05, 0.1) is 19.6 Å². The van der Waals surface area contributed by atoms with Gasteiger partial charge in [0.2, 0.25) is 0 Å². The minimum absolute atomic E-state index is 0.0207. The van der Waals surface area contributed by atoms with E-state index in [1.807, 2.05) is 34.6 Å². The van der Waals surface area contributed by atoms with E-state index in [0.29, 0.717) is 19.6 Å². The van der Waals surface area contributed by atoms with Gasteiger partial charge in [0, 0.05) is 5.41 Å². The van der Waals surface area contributed by atoms with E-state index in [4.69, 9.17) is 14.2 Å². The number of allylic oxidation sites excluding steroid dienone is 1. The van der Waals surface area contributed by atoms with E-state index in [-0.39, 0.29) is 11.4 Å². The lowest BCUT2D eigenvalue weighted by molar-refractivity contribution is -0.283. The summed E-state index contributed by atoms with van der Waals surface area (Å²) in [6.07, 6.45) is 4.31. The molecule has 0 aromatic carbocycles. The summed E-state index contributed by atoms with van der Waals surface area (Å²) in [6.45, 7) is 10.9. The monoisotopic (exact) mass is 282 g/mol. The van der Waals surface area contributed by atoms with E-state index in [1.165, 1.54) is 0 Å². The lowest BCUT2D eigenvalue weighted by Crippen LogP contribution is -2.45. The van der Waals surface area contributed by atoms with Crippen LogP contribution in [0.25, 0.3) is 0 Å². The predicted octanol–water partition coefficient (Wildman–Crippen LogP) is 3.21. The molecule has 0 aromatic heterocycles. The first-order valence-corrected chi connectivity index (χ1v) is 7.27. The first-order chi connectivity index (χ1) is 9.09. The number of hydrogen-bond donors (Lipinski definition) is 0. The molecule has 1 spiro atoms. The third-order valence-electron chi connectivity index (χ3n) is 3.67. The molecule has 1 fully saturated rings. The highest BCUT2D eigenvalue weighted by Gasteiger charge is 2.42. The lowest BCUT2D eigenvalue weighted by atomic mass is 9.85. The van der Waals surface area contributed by atoms with Crippen LogP contribution in [0.5, 0.6) is 0 Å². The lowest BCUT2D eigenvalue weighted by Gasteiger charge is -2.41. The van der Waals surface area contributed by atoms with Crippen LogP contribution in [0, 0.1) is 5.41 Å². The Balaban J connectivity index is 1.85. The van der Waals surface area contributed by atoms with Gasteiger partial charge in [-0.2, -0.15) is 0 Å². The number of ether oxygens (including phenoxy) is 3. The second kappa shape index (κ2) is 5.15. The Bertz CT molecular complexity index is 405. The topological polar surface area (TPSA) is 44.8 Å². The summed E-state index contributed by atoms with van der Waals surface area (Å²) in [4.78, 5) is 11.9. The standard InChI is InChI=1S/C16H26O4/c1-14(2,3)20-13(17)8-12-6-7-16(9-12)10-18-15(4,5)19-11-16/h6H,7-11H2,1-5H3. The quantitative estimate of drug-likeness (QED) is 0.576. The molecule has 0 saturated carbocycles. The zero-order valence-electron chi connectivity index (χ0n) is 13.2. The number of hydrogen-bond acceptors (Lipinski definition) is 4. The summed E-state index contributed by atoms with van der Waals surface area (Å²) in [7, 11) is 0. The average molecular weight is 282 g/mol. The van der Waals surface area contributed by atoms with Gasteiger partial charge in [0.15, 0.2) is 5.79 Å². The molecule has 0 aromatic rings. The van der Waals surface area contributed by atoms with Gasteiger partial charge >= 0.3 is 5.97 Å². The van der Waals surface area contributed by atoms with E-state index in [9.17, 15) is 4.79 Å². The van der Waals surface area contributed by atoms with Gasteiger partial charge in [-0.15, -0.1) is 0 Å². The predicted molar refractivity (Wildman–Crippen MR) is 76.2 cm³/mol. The maximum atomic E-state index is 11.9. The van der Waals surface area contributed by atoms with Gasteiger partial charge in [-0.1, -0.05) is 11.6 Å². The van der Waals surface area contributed by atoms with Gasteiger partial charge in [0.25, 0.3) is 0 Å². The van der Waals surface area contributed by atoms with Crippen LogP contribution >= 0.6 is 0 Å². The molecule has 0 radical (unpaired) electrons. The molecule has 114 valence electrons. The smallest absolute Gasteiger partial charge is 0.310 e. The van der Waals surface area contributed by atoms with Crippen molar-refractivity contribution in [1.82, 2.24) is 0 Å². The largest absolute Gasteiger partial charge is 0.460 e. The van der Waals surface area contributed by atoms with Crippen LogP contribution < -0.4 is 0 Å². The van der Waals surface area contributed by atoms with Crippen molar-refractivity contribution < 1.29 is 19.0 Å². The second-order valence-corrected chi connectivity index (χ2v) is 7.48. The average Bonchev–Trinajstić information content (AvgIpc) is 2.64. The van der Waals surface area contributed by atoms with E-state index >= 15 is 0 Å². The van der Waals surface area contributed by atoms with Gasteiger partial charge in [0.1, 0.15) is 5.60 Å². The molecule has 0 unspecified atom stereocenters. The van der Waals surface area contributed by atoms with Crippen molar-refractivity contribution in [2.75, 3.05) is 13.2 Å². The molecule has 20 heavy (non-hydrogen) atoms. The van der Waals surface area contributed by atoms with Crippen molar-refractivity contribution >= 4 is 5.97 Å². The number of rotatable bonds is 2. The molecule has 0 N–H and O–H groups in total. The summed E-state index contributed by atoms with van der Waals surface area (Å²) in [5.41, 5.74) is 0.744. The van der Waals surface area contributed by atoms with E-state index in [2.05, 4.69) is 6.08 Å². The third-order valence-corrected chi connectivity index (χ3v) is 3.67. The van der Waals surface area contributed by atoms with Crippen LogP contribution in [-0.2, 0) is 19.0 Å². The fraction of sp³-hybridized carbons (Fsp3) is 0.812. The van der Waals surface area contributed by atoms with Crippen LogP contribution in [0.3, 0.4) is 0 Å². The highest BCUT2D eigenvalue weighted by Crippen LogP contribution is 2.43. The number of carbonyl (C=O) groups excluding carboxylic acids is 1. The van der Waals surface area contributed by atoms with Crippen molar-refractivity contribution in [3.05, 3.63) is 11.6 Å².